The number of benzene rings is 3. The number of aromatic amines is 1. The third-order valence-electron chi connectivity index (χ3n) is 5.38. The van der Waals surface area contributed by atoms with Gasteiger partial charge in [0.05, 0.1) is 29.4 Å². The number of hydrogen-bond acceptors (Lipinski definition) is 5. The smallest absolute Gasteiger partial charge is 0.265 e. The Morgan fingerprint density at radius 2 is 1.64 bits per heavy atom. The van der Waals surface area contributed by atoms with Gasteiger partial charge in [-0.25, -0.2) is 4.98 Å². The van der Waals surface area contributed by atoms with E-state index in [1.54, 1.807) is 11.7 Å². The zero-order valence-electron chi connectivity index (χ0n) is 17.7. The molecule has 3 aromatic carbocycles. The molecular weight excluding hydrogens is 549 g/mol. The van der Waals surface area contributed by atoms with Gasteiger partial charge in [-0.05, 0) is 108 Å². The van der Waals surface area contributed by atoms with E-state index in [0.717, 1.165) is 26.3 Å². The van der Waals surface area contributed by atoms with Crippen LogP contribution in [-0.2, 0) is 0 Å². The van der Waals surface area contributed by atoms with Crippen molar-refractivity contribution in [2.75, 3.05) is 7.11 Å². The number of halogens is 1. The van der Waals surface area contributed by atoms with Gasteiger partial charge in [0.15, 0.2) is 10.6 Å². The van der Waals surface area contributed by atoms with Gasteiger partial charge in [-0.15, -0.1) is 0 Å². The van der Waals surface area contributed by atoms with Crippen LogP contribution in [0, 0.1) is 15.3 Å². The summed E-state index contributed by atoms with van der Waals surface area (Å²) in [5.41, 5.74) is 3.06. The number of hydrogen-bond donors (Lipinski definition) is 1. The molecule has 0 spiro atoms. The maximum absolute atomic E-state index is 13.2. The summed E-state index contributed by atoms with van der Waals surface area (Å²) >= 11 is 7.67. The summed E-state index contributed by atoms with van der Waals surface area (Å²) in [6.07, 6.45) is 0. The van der Waals surface area contributed by atoms with Gasteiger partial charge < -0.3 is 4.74 Å². The highest BCUT2D eigenvalue weighted by Gasteiger charge is 2.14. The lowest BCUT2D eigenvalue weighted by Crippen LogP contribution is -2.22. The molecule has 0 aliphatic rings. The molecule has 33 heavy (non-hydrogen) atoms. The van der Waals surface area contributed by atoms with Crippen LogP contribution in [0.4, 0.5) is 0 Å². The molecule has 0 aliphatic carbocycles. The number of fused-ring (bicyclic) bond motifs is 1. The Kier molecular flexibility index (Phi) is 5.59. The van der Waals surface area contributed by atoms with Gasteiger partial charge in [0.25, 0.3) is 5.56 Å². The van der Waals surface area contributed by atoms with Crippen molar-refractivity contribution >= 4 is 45.7 Å². The molecule has 0 saturated carbocycles. The summed E-state index contributed by atoms with van der Waals surface area (Å²) in [5.74, 6) is 2.06. The van der Waals surface area contributed by atoms with Gasteiger partial charge in [-0.1, -0.05) is 0 Å². The number of H-pyrrole nitrogens is 1. The van der Waals surface area contributed by atoms with Crippen LogP contribution in [-0.4, -0.2) is 31.4 Å². The van der Waals surface area contributed by atoms with Crippen molar-refractivity contribution in [3.05, 3.63) is 91.2 Å². The van der Waals surface area contributed by atoms with Crippen LogP contribution in [0.3, 0.4) is 0 Å². The first-order chi connectivity index (χ1) is 16.0. The minimum absolute atomic E-state index is 0.0929. The predicted octanol–water partition coefficient (Wildman–Crippen LogP) is 5.22. The van der Waals surface area contributed by atoms with Crippen molar-refractivity contribution in [3.63, 3.8) is 0 Å². The molecular formula is C24H18IN5O2S. The summed E-state index contributed by atoms with van der Waals surface area (Å²) in [6, 6.07) is 20.9. The van der Waals surface area contributed by atoms with E-state index in [-0.39, 0.29) is 5.56 Å². The van der Waals surface area contributed by atoms with Gasteiger partial charge in [-0.3, -0.25) is 19.0 Å². The maximum Gasteiger partial charge on any atom is 0.265 e. The Morgan fingerprint density at radius 1 is 0.970 bits per heavy atom. The highest BCUT2D eigenvalue weighted by Crippen LogP contribution is 2.24. The monoisotopic (exact) mass is 567 g/mol. The zero-order valence-corrected chi connectivity index (χ0v) is 20.7. The summed E-state index contributed by atoms with van der Waals surface area (Å²) in [4.78, 5) is 17.8. The molecule has 7 nitrogen and oxygen atoms in total. The van der Waals surface area contributed by atoms with Gasteiger partial charge in [0.1, 0.15) is 11.6 Å². The van der Waals surface area contributed by atoms with E-state index in [1.807, 2.05) is 78.2 Å². The molecule has 0 aliphatic heterocycles. The average molecular weight is 567 g/mol. The van der Waals surface area contributed by atoms with E-state index < -0.39 is 0 Å². The zero-order chi connectivity index (χ0) is 23.1. The minimum Gasteiger partial charge on any atom is -0.497 e. The summed E-state index contributed by atoms with van der Waals surface area (Å²) < 4.78 is 10.2. The van der Waals surface area contributed by atoms with Crippen molar-refractivity contribution in [2.45, 2.75) is 6.92 Å². The Labute approximate surface area is 207 Å². The van der Waals surface area contributed by atoms with Gasteiger partial charge in [0.2, 0.25) is 0 Å². The lowest BCUT2D eigenvalue weighted by molar-refractivity contribution is 0.414. The highest BCUT2D eigenvalue weighted by atomic mass is 127. The molecule has 0 saturated heterocycles. The van der Waals surface area contributed by atoms with Crippen LogP contribution < -0.4 is 10.3 Å². The molecule has 2 aromatic heterocycles. The van der Waals surface area contributed by atoms with Crippen LogP contribution in [0.15, 0.2) is 71.5 Å². The molecule has 164 valence electrons. The first kappa shape index (κ1) is 21.5. The summed E-state index contributed by atoms with van der Waals surface area (Å²) in [6.45, 7) is 1.83. The van der Waals surface area contributed by atoms with Crippen molar-refractivity contribution in [1.29, 1.82) is 0 Å². The number of rotatable bonds is 4. The number of ether oxygens (including phenoxy) is 1. The van der Waals surface area contributed by atoms with E-state index in [4.69, 9.17) is 17.0 Å². The molecule has 0 atom stereocenters. The number of nitrogens with zero attached hydrogens (tertiary/aromatic N) is 4. The second-order valence-corrected chi connectivity index (χ2v) is 9.03. The van der Waals surface area contributed by atoms with E-state index >= 15 is 0 Å². The first-order valence-corrected chi connectivity index (χ1v) is 11.6. The number of aryl methyl sites for hydroxylation is 1. The third kappa shape index (κ3) is 3.87. The Balaban J connectivity index is 1.58. The SMILES string of the molecule is COc1ccc(-n2c(-c3ccc(-n4c(C)nc5ccc(I)cc5c4=O)cc3)n[nH]c2=S)cc1. The van der Waals surface area contributed by atoms with Crippen LogP contribution in [0.2, 0.25) is 0 Å². The standard InChI is InChI=1S/C24H18IN5O2S/c1-14-26-21-12-5-16(25)13-20(21)23(31)29(14)17-6-3-15(4-7-17)22-27-28-24(33)30(22)18-8-10-19(32-2)11-9-18/h3-13H,1-2H3,(H,28,33). The Morgan fingerprint density at radius 3 is 2.33 bits per heavy atom. The third-order valence-corrected chi connectivity index (χ3v) is 6.33. The molecule has 0 fully saturated rings. The number of nitrogens with one attached hydrogen (secondary N) is 1. The minimum atomic E-state index is -0.0929. The Hall–Kier alpha value is -3.31. The van der Waals surface area contributed by atoms with Crippen LogP contribution in [0.5, 0.6) is 5.75 Å². The molecule has 1 N–H and O–H groups in total. The van der Waals surface area contributed by atoms with E-state index in [9.17, 15) is 4.79 Å². The van der Waals surface area contributed by atoms with Gasteiger partial charge in [0, 0.05) is 9.13 Å². The van der Waals surface area contributed by atoms with Gasteiger partial charge in [-0.2, -0.15) is 5.10 Å². The highest BCUT2D eigenvalue weighted by molar-refractivity contribution is 14.1. The molecule has 5 rings (SSSR count). The number of methoxy groups -OCH3 is 1. The Bertz CT molecular complexity index is 1600. The summed E-state index contributed by atoms with van der Waals surface area (Å²) in [7, 11) is 1.63. The first-order valence-electron chi connectivity index (χ1n) is 10.1. The maximum atomic E-state index is 13.2. The van der Waals surface area contributed by atoms with Gasteiger partial charge >= 0.3 is 0 Å². The lowest BCUT2D eigenvalue weighted by atomic mass is 10.1. The van der Waals surface area contributed by atoms with E-state index in [1.165, 1.54) is 0 Å². The lowest BCUT2D eigenvalue weighted by Gasteiger charge is -2.12. The van der Waals surface area contributed by atoms with E-state index in [2.05, 4.69) is 37.8 Å². The quantitative estimate of drug-likeness (QED) is 0.238. The van der Waals surface area contributed by atoms with E-state index in [0.29, 0.717) is 27.3 Å². The van der Waals surface area contributed by atoms with Crippen LogP contribution in [0.25, 0.3) is 33.7 Å². The van der Waals surface area contributed by atoms with Crippen molar-refractivity contribution in [2.24, 2.45) is 0 Å². The van der Waals surface area contributed by atoms with Crippen LogP contribution in [0.1, 0.15) is 5.82 Å². The van der Waals surface area contributed by atoms with Crippen LogP contribution >= 0.6 is 34.8 Å². The molecule has 9 heteroatoms. The molecule has 5 aromatic rings. The average Bonchev–Trinajstić information content (AvgIpc) is 3.21. The fourth-order valence-corrected chi connectivity index (χ4v) is 4.52. The predicted molar refractivity (Wildman–Crippen MR) is 139 cm³/mol. The second-order valence-electron chi connectivity index (χ2n) is 7.39. The normalized spacial score (nSPS) is 11.1. The molecule has 0 bridgehead atoms. The molecule has 0 amide bonds. The fraction of sp³-hybridized carbons (Fsp3) is 0.0833. The molecule has 2 heterocycles. The molecule has 0 unspecified atom stereocenters. The van der Waals surface area contributed by atoms with Crippen molar-refractivity contribution in [3.8, 4) is 28.5 Å². The molecule has 0 radical (unpaired) electrons. The fourth-order valence-electron chi connectivity index (χ4n) is 3.79. The van der Waals surface area contributed by atoms with Crippen molar-refractivity contribution < 1.29 is 4.74 Å². The summed E-state index contributed by atoms with van der Waals surface area (Å²) in [5, 5.41) is 7.89. The topological polar surface area (TPSA) is 77.7 Å². The number of aromatic nitrogens is 5. The van der Waals surface area contributed by atoms with Crippen molar-refractivity contribution in [1.82, 2.24) is 24.3 Å². The largest absolute Gasteiger partial charge is 0.497 e. The second kappa shape index (κ2) is 8.56.